The molecule has 0 fully saturated rings. The first kappa shape index (κ1) is 14.0. The Balaban J connectivity index is 1.94. The molecule has 0 saturated carbocycles. The van der Waals surface area contributed by atoms with Crippen molar-refractivity contribution in [2.75, 3.05) is 11.1 Å². The zero-order valence-corrected chi connectivity index (χ0v) is 11.6. The number of halogens is 2. The Bertz CT molecular complexity index is 581. The van der Waals surface area contributed by atoms with Crippen LogP contribution in [0.1, 0.15) is 5.69 Å². The molecule has 1 aromatic carbocycles. The van der Waals surface area contributed by atoms with Crippen molar-refractivity contribution in [1.82, 2.24) is 4.98 Å². The normalized spacial score (nSPS) is 10.5. The quantitative estimate of drug-likeness (QED) is 0.879. The maximum Gasteiger partial charge on any atom is 0.234 e. The van der Waals surface area contributed by atoms with Crippen LogP contribution in [0.25, 0.3) is 0 Å². The van der Waals surface area contributed by atoms with Gasteiger partial charge in [0.15, 0.2) is 4.34 Å². The van der Waals surface area contributed by atoms with Gasteiger partial charge in [-0.25, -0.2) is 13.8 Å². The molecule has 0 spiro atoms. The lowest BCUT2D eigenvalue weighted by Gasteiger charge is -2.06. The van der Waals surface area contributed by atoms with Gasteiger partial charge in [-0.05, 0) is 19.1 Å². The summed E-state index contributed by atoms with van der Waals surface area (Å²) in [6, 6.07) is 3.43. The van der Waals surface area contributed by atoms with E-state index in [4.69, 9.17) is 0 Å². The average molecular weight is 300 g/mol. The standard InChI is InChI=1S/C12H10F2N2OS2/c1-7-5-18-12(15-7)19-6-10(17)16-11-8(13)3-2-4-9(11)14/h2-5H,6H2,1H3,(H,16,17). The number of para-hydroxylation sites is 1. The van der Waals surface area contributed by atoms with Crippen molar-refractivity contribution in [2.24, 2.45) is 0 Å². The van der Waals surface area contributed by atoms with E-state index in [2.05, 4.69) is 10.3 Å². The maximum absolute atomic E-state index is 13.3. The minimum atomic E-state index is -0.788. The number of nitrogens with zero attached hydrogens (tertiary/aromatic N) is 1. The van der Waals surface area contributed by atoms with E-state index in [-0.39, 0.29) is 5.75 Å². The summed E-state index contributed by atoms with van der Waals surface area (Å²) >= 11 is 2.66. The van der Waals surface area contributed by atoms with Crippen LogP contribution in [0.15, 0.2) is 27.9 Å². The minimum absolute atomic E-state index is 0.0563. The smallest absolute Gasteiger partial charge is 0.234 e. The van der Waals surface area contributed by atoms with Crippen molar-refractivity contribution in [3.63, 3.8) is 0 Å². The maximum atomic E-state index is 13.3. The fraction of sp³-hybridized carbons (Fsp3) is 0.167. The second-order valence-electron chi connectivity index (χ2n) is 3.69. The Labute approximate surface area is 117 Å². The van der Waals surface area contributed by atoms with Crippen molar-refractivity contribution < 1.29 is 13.6 Å². The van der Waals surface area contributed by atoms with Crippen molar-refractivity contribution >= 4 is 34.7 Å². The first-order valence-corrected chi connectivity index (χ1v) is 7.21. The highest BCUT2D eigenvalue weighted by molar-refractivity contribution is 8.01. The number of carbonyl (C=O) groups is 1. The van der Waals surface area contributed by atoms with Gasteiger partial charge in [0.05, 0.1) is 5.75 Å². The van der Waals surface area contributed by atoms with Gasteiger partial charge in [0.2, 0.25) is 5.91 Å². The summed E-state index contributed by atoms with van der Waals surface area (Å²) in [5, 5.41) is 4.09. The van der Waals surface area contributed by atoms with E-state index in [1.54, 1.807) is 0 Å². The summed E-state index contributed by atoms with van der Waals surface area (Å²) in [7, 11) is 0. The number of hydrogen-bond acceptors (Lipinski definition) is 4. The van der Waals surface area contributed by atoms with Gasteiger partial charge in [-0.2, -0.15) is 0 Å². The van der Waals surface area contributed by atoms with E-state index in [0.29, 0.717) is 0 Å². The monoisotopic (exact) mass is 300 g/mol. The van der Waals surface area contributed by atoms with Crippen molar-refractivity contribution in [2.45, 2.75) is 11.3 Å². The minimum Gasteiger partial charge on any atom is -0.320 e. The molecule has 3 nitrogen and oxygen atoms in total. The molecule has 0 radical (unpaired) electrons. The van der Waals surface area contributed by atoms with Gasteiger partial charge in [0, 0.05) is 11.1 Å². The summed E-state index contributed by atoms with van der Waals surface area (Å²) in [4.78, 5) is 15.8. The molecule has 2 rings (SSSR count). The van der Waals surface area contributed by atoms with Crippen LogP contribution in [0, 0.1) is 18.6 Å². The van der Waals surface area contributed by atoms with E-state index in [0.717, 1.165) is 22.2 Å². The number of thiazole rings is 1. The summed E-state index contributed by atoms with van der Waals surface area (Å²) in [5.41, 5.74) is 0.469. The predicted molar refractivity (Wildman–Crippen MR) is 72.6 cm³/mol. The second kappa shape index (κ2) is 6.12. The summed E-state index contributed by atoms with van der Waals surface area (Å²) in [6.07, 6.45) is 0. The number of nitrogens with one attached hydrogen (secondary N) is 1. The summed E-state index contributed by atoms with van der Waals surface area (Å²) < 4.78 is 27.4. The molecule has 0 bridgehead atoms. The first-order chi connectivity index (χ1) is 9.06. The molecular weight excluding hydrogens is 290 g/mol. The highest BCUT2D eigenvalue weighted by atomic mass is 32.2. The second-order valence-corrected chi connectivity index (χ2v) is 5.77. The van der Waals surface area contributed by atoms with Crippen LogP contribution in [0.4, 0.5) is 14.5 Å². The zero-order chi connectivity index (χ0) is 13.8. The van der Waals surface area contributed by atoms with Gasteiger partial charge in [-0.15, -0.1) is 11.3 Å². The van der Waals surface area contributed by atoms with Crippen LogP contribution in [0.2, 0.25) is 0 Å². The lowest BCUT2D eigenvalue weighted by atomic mass is 10.3. The number of carbonyl (C=O) groups excluding carboxylic acids is 1. The van der Waals surface area contributed by atoms with Gasteiger partial charge in [0.1, 0.15) is 17.3 Å². The molecule has 1 aromatic heterocycles. The van der Waals surface area contributed by atoms with Crippen LogP contribution in [-0.4, -0.2) is 16.6 Å². The first-order valence-electron chi connectivity index (χ1n) is 5.35. The molecule has 0 aliphatic heterocycles. The Kier molecular flexibility index (Phi) is 4.49. The molecule has 7 heteroatoms. The van der Waals surface area contributed by atoms with E-state index >= 15 is 0 Å². The Morgan fingerprint density at radius 2 is 2.11 bits per heavy atom. The molecule has 0 saturated heterocycles. The third kappa shape index (κ3) is 3.74. The van der Waals surface area contributed by atoms with Crippen LogP contribution in [0.3, 0.4) is 0 Å². The molecule has 0 aliphatic carbocycles. The number of rotatable bonds is 4. The van der Waals surface area contributed by atoms with Gasteiger partial charge >= 0.3 is 0 Å². The number of anilines is 1. The lowest BCUT2D eigenvalue weighted by Crippen LogP contribution is -2.16. The van der Waals surface area contributed by atoms with Crippen LogP contribution in [0.5, 0.6) is 0 Å². The third-order valence-electron chi connectivity index (χ3n) is 2.15. The molecular formula is C12H10F2N2OS2. The van der Waals surface area contributed by atoms with E-state index in [1.807, 2.05) is 12.3 Å². The molecule has 1 N–H and O–H groups in total. The number of benzene rings is 1. The molecule has 0 atom stereocenters. The third-order valence-corrected chi connectivity index (χ3v) is 4.29. The topological polar surface area (TPSA) is 42.0 Å². The molecule has 2 aromatic rings. The zero-order valence-electron chi connectivity index (χ0n) is 9.94. The van der Waals surface area contributed by atoms with Crippen LogP contribution < -0.4 is 5.32 Å². The molecule has 1 amide bonds. The lowest BCUT2D eigenvalue weighted by molar-refractivity contribution is -0.113. The van der Waals surface area contributed by atoms with Gasteiger partial charge in [-0.1, -0.05) is 17.8 Å². The summed E-state index contributed by atoms with van der Waals surface area (Å²) in [6.45, 7) is 1.86. The molecule has 19 heavy (non-hydrogen) atoms. The largest absolute Gasteiger partial charge is 0.320 e. The fourth-order valence-electron chi connectivity index (χ4n) is 1.32. The number of aromatic nitrogens is 1. The molecule has 0 unspecified atom stereocenters. The Morgan fingerprint density at radius 1 is 1.42 bits per heavy atom. The highest BCUT2D eigenvalue weighted by Gasteiger charge is 2.12. The number of hydrogen-bond donors (Lipinski definition) is 1. The number of amides is 1. The SMILES string of the molecule is Cc1csc(SCC(=O)Nc2c(F)cccc2F)n1. The van der Waals surface area contributed by atoms with E-state index < -0.39 is 23.2 Å². The highest BCUT2D eigenvalue weighted by Crippen LogP contribution is 2.23. The summed E-state index contributed by atoms with van der Waals surface area (Å²) in [5.74, 6) is -1.99. The van der Waals surface area contributed by atoms with Crippen LogP contribution >= 0.6 is 23.1 Å². The average Bonchev–Trinajstić information content (AvgIpc) is 2.77. The molecule has 100 valence electrons. The Hall–Kier alpha value is -1.47. The number of aryl methyl sites for hydroxylation is 1. The molecule has 1 heterocycles. The van der Waals surface area contributed by atoms with Gasteiger partial charge in [-0.3, -0.25) is 4.79 Å². The fourth-order valence-corrected chi connectivity index (χ4v) is 2.97. The Morgan fingerprint density at radius 3 is 2.68 bits per heavy atom. The van der Waals surface area contributed by atoms with Crippen LogP contribution in [-0.2, 0) is 4.79 Å². The van der Waals surface area contributed by atoms with Gasteiger partial charge in [0.25, 0.3) is 0 Å². The van der Waals surface area contributed by atoms with Crippen molar-refractivity contribution in [3.8, 4) is 0 Å². The molecule has 0 aliphatic rings. The van der Waals surface area contributed by atoms with Crippen molar-refractivity contribution in [1.29, 1.82) is 0 Å². The van der Waals surface area contributed by atoms with Crippen molar-refractivity contribution in [3.05, 3.63) is 40.9 Å². The number of thioether (sulfide) groups is 1. The predicted octanol–water partition coefficient (Wildman–Crippen LogP) is 3.46. The van der Waals surface area contributed by atoms with E-state index in [1.165, 1.54) is 29.2 Å². The van der Waals surface area contributed by atoms with Gasteiger partial charge < -0.3 is 5.32 Å². The van der Waals surface area contributed by atoms with E-state index in [9.17, 15) is 13.6 Å².